The Bertz CT molecular complexity index is 676. The Morgan fingerprint density at radius 1 is 1.35 bits per heavy atom. The molecule has 0 radical (unpaired) electrons. The van der Waals surface area contributed by atoms with Crippen LogP contribution in [0.25, 0.3) is 0 Å². The van der Waals surface area contributed by atoms with Crippen molar-refractivity contribution in [1.29, 1.82) is 0 Å². The van der Waals surface area contributed by atoms with Crippen LogP contribution in [0.4, 0.5) is 11.6 Å². The van der Waals surface area contributed by atoms with E-state index < -0.39 is 0 Å². The Hall–Kier alpha value is -1.79. The lowest BCUT2D eigenvalue weighted by atomic mass is 10.2. The molecular formula is C14H14N4S2. The number of anilines is 2. The highest BCUT2D eigenvalue weighted by molar-refractivity contribution is 7.98. The summed E-state index contributed by atoms with van der Waals surface area (Å²) in [6.07, 6.45) is 0. The fourth-order valence-electron chi connectivity index (χ4n) is 1.75. The van der Waals surface area contributed by atoms with E-state index in [1.807, 2.05) is 12.1 Å². The highest BCUT2D eigenvalue weighted by Crippen LogP contribution is 2.22. The zero-order valence-electron chi connectivity index (χ0n) is 11.0. The minimum atomic E-state index is 0.600. The molecular weight excluding hydrogens is 288 g/mol. The zero-order valence-corrected chi connectivity index (χ0v) is 12.6. The van der Waals surface area contributed by atoms with Crippen molar-refractivity contribution in [1.82, 2.24) is 15.2 Å². The van der Waals surface area contributed by atoms with E-state index in [0.29, 0.717) is 5.95 Å². The smallest absolute Gasteiger partial charge is 0.247 e. The van der Waals surface area contributed by atoms with Gasteiger partial charge in [-0.2, -0.15) is 16.3 Å². The van der Waals surface area contributed by atoms with Gasteiger partial charge in [0.2, 0.25) is 5.95 Å². The molecule has 0 spiro atoms. The van der Waals surface area contributed by atoms with Crippen molar-refractivity contribution in [2.24, 2.45) is 0 Å². The van der Waals surface area contributed by atoms with Gasteiger partial charge < -0.3 is 5.32 Å². The quantitative estimate of drug-likeness (QED) is 0.693. The second-order valence-corrected chi connectivity index (χ2v) is 6.12. The van der Waals surface area contributed by atoms with Gasteiger partial charge in [0.05, 0.1) is 0 Å². The summed E-state index contributed by atoms with van der Waals surface area (Å²) in [6.45, 7) is 2.06. The molecule has 0 aliphatic carbocycles. The Morgan fingerprint density at radius 3 is 3.10 bits per heavy atom. The molecule has 6 heteroatoms. The summed E-state index contributed by atoms with van der Waals surface area (Å²) in [5.74, 6) is 1.51. The van der Waals surface area contributed by atoms with Crippen molar-refractivity contribution in [2.45, 2.75) is 17.8 Å². The number of hydrogen-bond donors (Lipinski definition) is 2. The van der Waals surface area contributed by atoms with Gasteiger partial charge in [0.25, 0.3) is 0 Å². The van der Waals surface area contributed by atoms with Gasteiger partial charge in [-0.3, -0.25) is 5.10 Å². The SMILES string of the molecule is Cc1cccc(Nc2n[nH]c(SCc3ccsc3)n2)c1. The van der Waals surface area contributed by atoms with Crippen LogP contribution in [0.15, 0.2) is 46.2 Å². The number of aryl methyl sites for hydroxylation is 1. The lowest BCUT2D eigenvalue weighted by Crippen LogP contribution is -1.92. The lowest BCUT2D eigenvalue weighted by molar-refractivity contribution is 0.973. The fourth-order valence-corrected chi connectivity index (χ4v) is 3.26. The minimum absolute atomic E-state index is 0.600. The van der Waals surface area contributed by atoms with Crippen LogP contribution in [-0.2, 0) is 5.75 Å². The van der Waals surface area contributed by atoms with Gasteiger partial charge in [-0.05, 0) is 47.0 Å². The Morgan fingerprint density at radius 2 is 2.30 bits per heavy atom. The average molecular weight is 302 g/mol. The molecule has 4 nitrogen and oxygen atoms in total. The number of aromatic nitrogens is 3. The largest absolute Gasteiger partial charge is 0.323 e. The third kappa shape index (κ3) is 3.40. The van der Waals surface area contributed by atoms with Gasteiger partial charge in [0, 0.05) is 11.4 Å². The predicted octanol–water partition coefficient (Wildman–Crippen LogP) is 4.21. The number of H-pyrrole nitrogens is 1. The van der Waals surface area contributed by atoms with Crippen LogP contribution in [0, 0.1) is 6.92 Å². The molecule has 0 aliphatic heterocycles. The minimum Gasteiger partial charge on any atom is -0.323 e. The standard InChI is InChI=1S/C14H14N4S2/c1-10-3-2-4-12(7-10)15-13-16-14(18-17-13)20-9-11-5-6-19-8-11/h2-8H,9H2,1H3,(H2,15,16,17,18). The van der Waals surface area contributed by atoms with E-state index in [0.717, 1.165) is 16.6 Å². The lowest BCUT2D eigenvalue weighted by Gasteiger charge is -2.01. The van der Waals surface area contributed by atoms with Gasteiger partial charge in [0.1, 0.15) is 0 Å². The second-order valence-electron chi connectivity index (χ2n) is 4.38. The summed E-state index contributed by atoms with van der Waals surface area (Å²) in [5.41, 5.74) is 3.51. The summed E-state index contributed by atoms with van der Waals surface area (Å²) in [6, 6.07) is 10.3. The zero-order chi connectivity index (χ0) is 13.8. The van der Waals surface area contributed by atoms with E-state index in [1.165, 1.54) is 11.1 Å². The van der Waals surface area contributed by atoms with E-state index in [1.54, 1.807) is 23.1 Å². The fraction of sp³-hybridized carbons (Fsp3) is 0.143. The molecule has 1 aromatic carbocycles. The third-order valence-electron chi connectivity index (χ3n) is 2.69. The van der Waals surface area contributed by atoms with Crippen LogP contribution < -0.4 is 5.32 Å². The maximum absolute atomic E-state index is 4.42. The normalized spacial score (nSPS) is 10.7. The number of nitrogens with zero attached hydrogens (tertiary/aromatic N) is 2. The molecule has 2 heterocycles. The molecule has 0 saturated heterocycles. The molecule has 0 aliphatic rings. The first-order chi connectivity index (χ1) is 9.79. The van der Waals surface area contributed by atoms with E-state index in [9.17, 15) is 0 Å². The number of rotatable bonds is 5. The first-order valence-electron chi connectivity index (χ1n) is 6.19. The molecule has 0 unspecified atom stereocenters. The van der Waals surface area contributed by atoms with Crippen molar-refractivity contribution >= 4 is 34.7 Å². The Labute approximate surface area is 125 Å². The predicted molar refractivity (Wildman–Crippen MR) is 84.7 cm³/mol. The molecule has 2 N–H and O–H groups in total. The molecule has 3 aromatic rings. The Kier molecular flexibility index (Phi) is 4.03. The first-order valence-corrected chi connectivity index (χ1v) is 8.12. The summed E-state index contributed by atoms with van der Waals surface area (Å²) in [4.78, 5) is 4.42. The maximum atomic E-state index is 4.42. The molecule has 0 saturated carbocycles. The summed E-state index contributed by atoms with van der Waals surface area (Å²) in [5, 5.41) is 15.4. The molecule has 0 fully saturated rings. The highest BCUT2D eigenvalue weighted by atomic mass is 32.2. The van der Waals surface area contributed by atoms with Gasteiger partial charge in [-0.1, -0.05) is 23.9 Å². The first kappa shape index (κ1) is 13.2. The molecule has 20 heavy (non-hydrogen) atoms. The molecule has 3 rings (SSSR count). The third-order valence-corrected chi connectivity index (χ3v) is 4.36. The van der Waals surface area contributed by atoms with Crippen LogP contribution in [-0.4, -0.2) is 15.2 Å². The summed E-state index contributed by atoms with van der Waals surface area (Å²) < 4.78 is 0. The molecule has 0 amide bonds. The number of nitrogens with one attached hydrogen (secondary N) is 2. The van der Waals surface area contributed by atoms with E-state index in [-0.39, 0.29) is 0 Å². The van der Waals surface area contributed by atoms with Gasteiger partial charge in [-0.15, -0.1) is 5.10 Å². The van der Waals surface area contributed by atoms with E-state index in [2.05, 4.69) is 56.4 Å². The van der Waals surface area contributed by atoms with Crippen molar-refractivity contribution in [2.75, 3.05) is 5.32 Å². The van der Waals surface area contributed by atoms with Crippen LogP contribution in [0.3, 0.4) is 0 Å². The average Bonchev–Trinajstić information content (AvgIpc) is 3.07. The highest BCUT2D eigenvalue weighted by Gasteiger charge is 2.04. The van der Waals surface area contributed by atoms with Crippen LogP contribution >= 0.6 is 23.1 Å². The topological polar surface area (TPSA) is 53.6 Å². The number of thioether (sulfide) groups is 1. The molecule has 2 aromatic heterocycles. The van der Waals surface area contributed by atoms with Crippen molar-refractivity contribution < 1.29 is 0 Å². The van der Waals surface area contributed by atoms with Crippen LogP contribution in [0.5, 0.6) is 0 Å². The van der Waals surface area contributed by atoms with Gasteiger partial charge >= 0.3 is 0 Å². The molecule has 0 bridgehead atoms. The van der Waals surface area contributed by atoms with Crippen LogP contribution in [0.2, 0.25) is 0 Å². The Balaban J connectivity index is 1.62. The van der Waals surface area contributed by atoms with Crippen molar-refractivity contribution in [3.63, 3.8) is 0 Å². The number of aromatic amines is 1. The van der Waals surface area contributed by atoms with Crippen molar-refractivity contribution in [3.8, 4) is 0 Å². The summed E-state index contributed by atoms with van der Waals surface area (Å²) in [7, 11) is 0. The number of benzene rings is 1. The number of thiophene rings is 1. The summed E-state index contributed by atoms with van der Waals surface area (Å²) >= 11 is 3.36. The second kappa shape index (κ2) is 6.11. The van der Waals surface area contributed by atoms with E-state index >= 15 is 0 Å². The van der Waals surface area contributed by atoms with Crippen molar-refractivity contribution in [3.05, 3.63) is 52.2 Å². The molecule has 102 valence electrons. The van der Waals surface area contributed by atoms with Gasteiger partial charge in [-0.25, -0.2) is 0 Å². The van der Waals surface area contributed by atoms with Crippen LogP contribution in [0.1, 0.15) is 11.1 Å². The monoisotopic (exact) mass is 302 g/mol. The number of hydrogen-bond acceptors (Lipinski definition) is 5. The maximum Gasteiger partial charge on any atom is 0.247 e. The van der Waals surface area contributed by atoms with Gasteiger partial charge in [0.15, 0.2) is 5.16 Å². The van der Waals surface area contributed by atoms with E-state index in [4.69, 9.17) is 0 Å². The molecule has 0 atom stereocenters.